The van der Waals surface area contributed by atoms with E-state index in [1.54, 1.807) is 0 Å². The normalized spacial score (nSPS) is 23.2. The lowest BCUT2D eigenvalue weighted by molar-refractivity contribution is -0.135. The van der Waals surface area contributed by atoms with Gasteiger partial charge in [-0.2, -0.15) is 0 Å². The van der Waals surface area contributed by atoms with E-state index in [4.69, 9.17) is 5.73 Å². The molecule has 1 aliphatic heterocycles. The van der Waals surface area contributed by atoms with Crippen molar-refractivity contribution in [3.05, 3.63) is 35.4 Å². The minimum atomic E-state index is -0.135. The standard InChI is InChI=1S/C18H28N2O/c1-13-5-7-15(8-6-13)18(3,4)12-17(21)20-10-9-16(19)11-14(20)2/h5-8,14,16H,9-12,19H2,1-4H3/t14-,16+/m1/s1. The number of nitrogens with two attached hydrogens (primary N) is 1. The Bertz CT molecular complexity index is 492. The maximum atomic E-state index is 12.7. The van der Waals surface area contributed by atoms with Crippen LogP contribution in [0, 0.1) is 6.92 Å². The van der Waals surface area contributed by atoms with Gasteiger partial charge in [0.15, 0.2) is 0 Å². The summed E-state index contributed by atoms with van der Waals surface area (Å²) in [5.74, 6) is 0.250. The van der Waals surface area contributed by atoms with Gasteiger partial charge in [-0.05, 0) is 37.7 Å². The van der Waals surface area contributed by atoms with Crippen molar-refractivity contribution >= 4 is 5.91 Å². The summed E-state index contributed by atoms with van der Waals surface area (Å²) in [6.07, 6.45) is 2.38. The average molecular weight is 288 g/mol. The van der Waals surface area contributed by atoms with Gasteiger partial charge in [-0.15, -0.1) is 0 Å². The van der Waals surface area contributed by atoms with Crippen LogP contribution in [-0.2, 0) is 10.2 Å². The van der Waals surface area contributed by atoms with Crippen LogP contribution in [0.25, 0.3) is 0 Å². The lowest BCUT2D eigenvalue weighted by Crippen LogP contribution is -2.49. The smallest absolute Gasteiger partial charge is 0.223 e. The van der Waals surface area contributed by atoms with Crippen molar-refractivity contribution in [2.75, 3.05) is 6.54 Å². The van der Waals surface area contributed by atoms with Crippen molar-refractivity contribution in [2.45, 2.75) is 64.5 Å². The van der Waals surface area contributed by atoms with Gasteiger partial charge in [0, 0.05) is 25.0 Å². The Kier molecular flexibility index (Phi) is 4.72. The molecule has 1 saturated heterocycles. The van der Waals surface area contributed by atoms with Gasteiger partial charge in [-0.25, -0.2) is 0 Å². The van der Waals surface area contributed by atoms with Crippen LogP contribution in [0.15, 0.2) is 24.3 Å². The van der Waals surface area contributed by atoms with Crippen molar-refractivity contribution in [3.63, 3.8) is 0 Å². The first kappa shape index (κ1) is 16.0. The molecule has 0 aromatic heterocycles. The highest BCUT2D eigenvalue weighted by atomic mass is 16.2. The third kappa shape index (κ3) is 3.85. The molecular weight excluding hydrogens is 260 g/mol. The molecule has 21 heavy (non-hydrogen) atoms. The maximum Gasteiger partial charge on any atom is 0.223 e. The van der Waals surface area contributed by atoms with Crippen molar-refractivity contribution in [1.82, 2.24) is 4.90 Å². The fourth-order valence-corrected chi connectivity index (χ4v) is 3.17. The average Bonchev–Trinajstić information content (AvgIpc) is 2.38. The van der Waals surface area contributed by atoms with E-state index in [0.717, 1.165) is 19.4 Å². The van der Waals surface area contributed by atoms with Crippen LogP contribution in [0.3, 0.4) is 0 Å². The van der Waals surface area contributed by atoms with Crippen molar-refractivity contribution in [1.29, 1.82) is 0 Å². The minimum absolute atomic E-state index is 0.135. The van der Waals surface area contributed by atoms with Crippen molar-refractivity contribution in [2.24, 2.45) is 5.73 Å². The zero-order valence-electron chi connectivity index (χ0n) is 13.7. The number of aryl methyl sites for hydroxylation is 1. The van der Waals surface area contributed by atoms with Gasteiger partial charge in [-0.1, -0.05) is 43.7 Å². The minimum Gasteiger partial charge on any atom is -0.340 e. The van der Waals surface area contributed by atoms with Gasteiger partial charge in [0.1, 0.15) is 0 Å². The summed E-state index contributed by atoms with van der Waals surface area (Å²) < 4.78 is 0. The Hall–Kier alpha value is -1.35. The number of hydrogen-bond donors (Lipinski definition) is 1. The number of carbonyl (C=O) groups excluding carboxylic acids is 1. The fourth-order valence-electron chi connectivity index (χ4n) is 3.17. The molecule has 0 unspecified atom stereocenters. The van der Waals surface area contributed by atoms with Gasteiger partial charge in [0.25, 0.3) is 0 Å². The zero-order chi connectivity index (χ0) is 15.6. The molecule has 0 aliphatic carbocycles. The molecule has 1 fully saturated rings. The van der Waals surface area contributed by atoms with E-state index in [0.29, 0.717) is 6.42 Å². The van der Waals surface area contributed by atoms with E-state index in [2.05, 4.69) is 52.0 Å². The third-order valence-electron chi connectivity index (χ3n) is 4.66. The van der Waals surface area contributed by atoms with Crippen LogP contribution in [-0.4, -0.2) is 29.4 Å². The highest BCUT2D eigenvalue weighted by molar-refractivity contribution is 5.78. The molecule has 1 heterocycles. The highest BCUT2D eigenvalue weighted by Crippen LogP contribution is 2.29. The second kappa shape index (κ2) is 6.18. The van der Waals surface area contributed by atoms with Gasteiger partial charge in [-0.3, -0.25) is 4.79 Å². The summed E-state index contributed by atoms with van der Waals surface area (Å²) in [6, 6.07) is 9.01. The summed E-state index contributed by atoms with van der Waals surface area (Å²) >= 11 is 0. The number of hydrogen-bond acceptors (Lipinski definition) is 2. The van der Waals surface area contributed by atoms with E-state index in [1.165, 1.54) is 11.1 Å². The van der Waals surface area contributed by atoms with E-state index < -0.39 is 0 Å². The Labute approximate surface area is 128 Å². The van der Waals surface area contributed by atoms with E-state index in [-0.39, 0.29) is 23.4 Å². The van der Waals surface area contributed by atoms with E-state index >= 15 is 0 Å². The number of rotatable bonds is 3. The predicted octanol–water partition coefficient (Wildman–Crippen LogP) is 3.00. The summed E-state index contributed by atoms with van der Waals surface area (Å²) in [4.78, 5) is 14.7. The molecule has 0 spiro atoms. The molecule has 2 N–H and O–H groups in total. The number of amides is 1. The Balaban J connectivity index is 2.05. The van der Waals surface area contributed by atoms with Crippen molar-refractivity contribution in [3.8, 4) is 0 Å². The molecule has 0 bridgehead atoms. The molecule has 3 heteroatoms. The molecule has 116 valence electrons. The van der Waals surface area contributed by atoms with Crippen LogP contribution < -0.4 is 5.73 Å². The first-order valence-electron chi connectivity index (χ1n) is 7.92. The monoisotopic (exact) mass is 288 g/mol. The predicted molar refractivity (Wildman–Crippen MR) is 87.2 cm³/mol. The maximum absolute atomic E-state index is 12.7. The van der Waals surface area contributed by atoms with Crippen LogP contribution in [0.2, 0.25) is 0 Å². The molecule has 3 nitrogen and oxygen atoms in total. The van der Waals surface area contributed by atoms with Gasteiger partial charge in [0.2, 0.25) is 5.91 Å². The largest absolute Gasteiger partial charge is 0.340 e. The summed E-state index contributed by atoms with van der Waals surface area (Å²) in [5.41, 5.74) is 8.32. The summed E-state index contributed by atoms with van der Waals surface area (Å²) in [7, 11) is 0. The van der Waals surface area contributed by atoms with E-state index in [9.17, 15) is 4.79 Å². The highest BCUT2D eigenvalue weighted by Gasteiger charge is 2.31. The Morgan fingerprint density at radius 1 is 1.33 bits per heavy atom. The third-order valence-corrected chi connectivity index (χ3v) is 4.66. The van der Waals surface area contributed by atoms with Gasteiger partial charge < -0.3 is 10.6 Å². The summed E-state index contributed by atoms with van der Waals surface area (Å²) in [6.45, 7) is 9.29. The quantitative estimate of drug-likeness (QED) is 0.929. The lowest BCUT2D eigenvalue weighted by atomic mass is 9.80. The Morgan fingerprint density at radius 2 is 1.95 bits per heavy atom. The number of piperidine rings is 1. The molecule has 2 rings (SSSR count). The first-order valence-corrected chi connectivity index (χ1v) is 7.92. The molecular formula is C18H28N2O. The van der Waals surface area contributed by atoms with Crippen LogP contribution in [0.5, 0.6) is 0 Å². The van der Waals surface area contributed by atoms with Crippen LogP contribution >= 0.6 is 0 Å². The molecule has 0 radical (unpaired) electrons. The molecule has 2 atom stereocenters. The number of nitrogens with zero attached hydrogens (tertiary/aromatic N) is 1. The van der Waals surface area contributed by atoms with Crippen molar-refractivity contribution < 1.29 is 4.79 Å². The van der Waals surface area contributed by atoms with Crippen LogP contribution in [0.1, 0.15) is 51.2 Å². The SMILES string of the molecule is Cc1ccc(C(C)(C)CC(=O)N2CC[C@H](N)C[C@H]2C)cc1. The van der Waals surface area contributed by atoms with Gasteiger partial charge >= 0.3 is 0 Å². The Morgan fingerprint density at radius 3 is 2.52 bits per heavy atom. The summed E-state index contributed by atoms with van der Waals surface area (Å²) in [5, 5.41) is 0. The number of likely N-dealkylation sites (tertiary alicyclic amines) is 1. The molecule has 1 amide bonds. The van der Waals surface area contributed by atoms with E-state index in [1.807, 2.05) is 4.90 Å². The zero-order valence-corrected chi connectivity index (χ0v) is 13.7. The topological polar surface area (TPSA) is 46.3 Å². The fraction of sp³-hybridized carbons (Fsp3) is 0.611. The second-order valence-corrected chi connectivity index (χ2v) is 7.15. The first-order chi connectivity index (χ1) is 9.79. The number of carbonyl (C=O) groups is 1. The lowest BCUT2D eigenvalue weighted by Gasteiger charge is -2.38. The molecule has 0 saturated carbocycles. The number of benzene rings is 1. The molecule has 1 aliphatic rings. The van der Waals surface area contributed by atoms with Gasteiger partial charge in [0.05, 0.1) is 0 Å². The van der Waals surface area contributed by atoms with Crippen LogP contribution in [0.4, 0.5) is 0 Å². The molecule has 1 aromatic rings. The molecule has 1 aromatic carbocycles. The second-order valence-electron chi connectivity index (χ2n) is 7.15.